The molecule has 0 spiro atoms. The Morgan fingerprint density at radius 2 is 1.61 bits per heavy atom. The first-order valence-corrected chi connectivity index (χ1v) is 11.6. The van der Waals surface area contributed by atoms with Crippen molar-refractivity contribution in [3.63, 3.8) is 0 Å². The molecule has 3 aromatic carbocycles. The third kappa shape index (κ3) is 4.75. The molecule has 4 aromatic rings. The highest BCUT2D eigenvalue weighted by Crippen LogP contribution is 2.36. The molecule has 36 heavy (non-hydrogen) atoms. The normalized spacial score (nSPS) is 12.6. The van der Waals surface area contributed by atoms with Gasteiger partial charge in [-0.05, 0) is 48.5 Å². The number of nitrogens with one attached hydrogen (secondary N) is 1. The summed E-state index contributed by atoms with van der Waals surface area (Å²) >= 11 is 5.84. The SMILES string of the molecule is O=C(Nc1ccc2cnn(S(=O)(=O)c3cccc(C(F)(F)F)c3)c2c1)c1c(Cl)cccc1C(F)(F)F. The molecule has 0 aliphatic rings. The van der Waals surface area contributed by atoms with Gasteiger partial charge in [-0.25, -0.2) is 0 Å². The number of aromatic nitrogens is 2. The molecule has 0 aliphatic carbocycles. The number of hydrogen-bond acceptors (Lipinski definition) is 4. The van der Waals surface area contributed by atoms with Crippen molar-refractivity contribution in [2.45, 2.75) is 17.2 Å². The van der Waals surface area contributed by atoms with Crippen LogP contribution in [0, 0.1) is 0 Å². The van der Waals surface area contributed by atoms with Gasteiger partial charge in [0.05, 0.1) is 38.3 Å². The largest absolute Gasteiger partial charge is 0.417 e. The number of amides is 1. The van der Waals surface area contributed by atoms with Gasteiger partial charge in [-0.1, -0.05) is 23.7 Å². The van der Waals surface area contributed by atoms with Crippen molar-refractivity contribution < 1.29 is 39.6 Å². The molecule has 14 heteroatoms. The van der Waals surface area contributed by atoms with Crippen molar-refractivity contribution in [2.75, 3.05) is 5.32 Å². The molecule has 0 bridgehead atoms. The summed E-state index contributed by atoms with van der Waals surface area (Å²) in [6.45, 7) is 0. The van der Waals surface area contributed by atoms with Crippen LogP contribution in [0.2, 0.25) is 5.02 Å². The molecule has 4 rings (SSSR count). The Morgan fingerprint density at radius 3 is 2.28 bits per heavy atom. The summed E-state index contributed by atoms with van der Waals surface area (Å²) in [6.07, 6.45) is -8.54. The van der Waals surface area contributed by atoms with E-state index in [0.29, 0.717) is 22.3 Å². The summed E-state index contributed by atoms with van der Waals surface area (Å²) in [7, 11) is -4.61. The van der Waals surface area contributed by atoms with Crippen LogP contribution in [0.4, 0.5) is 32.0 Å². The van der Waals surface area contributed by atoms with E-state index in [2.05, 4.69) is 10.4 Å². The highest BCUT2D eigenvalue weighted by molar-refractivity contribution is 7.90. The molecular weight excluding hydrogens is 536 g/mol. The number of benzene rings is 3. The maximum atomic E-state index is 13.4. The number of carbonyl (C=O) groups excluding carboxylic acids is 1. The second-order valence-electron chi connectivity index (χ2n) is 7.41. The number of halogens is 7. The second-order valence-corrected chi connectivity index (χ2v) is 9.58. The van der Waals surface area contributed by atoms with E-state index in [9.17, 15) is 39.6 Å². The fraction of sp³-hybridized carbons (Fsp3) is 0.0909. The zero-order chi connectivity index (χ0) is 26.5. The van der Waals surface area contributed by atoms with Gasteiger partial charge in [0.1, 0.15) is 0 Å². The monoisotopic (exact) mass is 547 g/mol. The number of rotatable bonds is 4. The van der Waals surface area contributed by atoms with Crippen LogP contribution >= 0.6 is 11.6 Å². The quantitative estimate of drug-likeness (QED) is 0.308. The van der Waals surface area contributed by atoms with Gasteiger partial charge in [0.2, 0.25) is 0 Å². The molecule has 1 aromatic heterocycles. The highest BCUT2D eigenvalue weighted by atomic mass is 35.5. The number of carbonyl (C=O) groups is 1. The van der Waals surface area contributed by atoms with E-state index in [1.54, 1.807) is 0 Å². The summed E-state index contributed by atoms with van der Waals surface area (Å²) < 4.78 is 106. The van der Waals surface area contributed by atoms with Crippen molar-refractivity contribution >= 4 is 44.1 Å². The minimum absolute atomic E-state index is 0.110. The molecule has 0 radical (unpaired) electrons. The summed E-state index contributed by atoms with van der Waals surface area (Å²) in [5, 5.41) is 5.75. The fourth-order valence-electron chi connectivity index (χ4n) is 3.38. The topological polar surface area (TPSA) is 81.1 Å². The average Bonchev–Trinajstić information content (AvgIpc) is 3.22. The average molecular weight is 548 g/mol. The summed E-state index contributed by atoms with van der Waals surface area (Å²) in [5.74, 6) is -1.21. The Hall–Kier alpha value is -3.58. The van der Waals surface area contributed by atoms with Crippen molar-refractivity contribution in [3.05, 3.63) is 88.6 Å². The summed E-state index contributed by atoms with van der Waals surface area (Å²) in [6, 6.07) is 9.57. The van der Waals surface area contributed by atoms with Crippen LogP contribution in [0.1, 0.15) is 21.5 Å². The maximum Gasteiger partial charge on any atom is 0.417 e. The van der Waals surface area contributed by atoms with Crippen LogP contribution in [-0.2, 0) is 22.4 Å². The standard InChI is InChI=1S/C22H12ClF6N3O3S/c23-17-6-2-5-16(22(27,28)29)19(17)20(33)31-14-8-7-12-11-30-32(18(12)10-14)36(34,35)15-4-1-3-13(9-15)21(24,25)26/h1-11H,(H,31,33). The Kier molecular flexibility index (Phi) is 6.25. The van der Waals surface area contributed by atoms with Gasteiger partial charge in [0.15, 0.2) is 0 Å². The fourth-order valence-corrected chi connectivity index (χ4v) is 4.96. The molecule has 1 N–H and O–H groups in total. The van der Waals surface area contributed by atoms with E-state index in [1.807, 2.05) is 0 Å². The van der Waals surface area contributed by atoms with Crippen LogP contribution in [0.15, 0.2) is 71.8 Å². The predicted molar refractivity (Wildman–Crippen MR) is 118 cm³/mol. The Balaban J connectivity index is 1.74. The molecule has 0 fully saturated rings. The number of nitrogens with zero attached hydrogens (tertiary/aromatic N) is 2. The highest BCUT2D eigenvalue weighted by Gasteiger charge is 2.36. The first-order chi connectivity index (χ1) is 16.7. The molecule has 0 aliphatic heterocycles. The molecule has 1 heterocycles. The van der Waals surface area contributed by atoms with Gasteiger partial charge in [-0.15, -0.1) is 0 Å². The van der Waals surface area contributed by atoms with E-state index in [-0.39, 0.29) is 16.6 Å². The van der Waals surface area contributed by atoms with Crippen molar-refractivity contribution in [1.82, 2.24) is 9.19 Å². The van der Waals surface area contributed by atoms with Crippen LogP contribution < -0.4 is 5.32 Å². The van der Waals surface area contributed by atoms with Gasteiger partial charge < -0.3 is 5.32 Å². The van der Waals surface area contributed by atoms with Crippen LogP contribution in [0.25, 0.3) is 10.9 Å². The number of hydrogen-bond donors (Lipinski definition) is 1. The summed E-state index contributed by atoms with van der Waals surface area (Å²) in [5.41, 5.74) is -3.54. The summed E-state index contributed by atoms with van der Waals surface area (Å²) in [4.78, 5) is 12.0. The Labute approximate surface area is 204 Å². The molecule has 188 valence electrons. The number of fused-ring (bicyclic) bond motifs is 1. The van der Waals surface area contributed by atoms with Crippen molar-refractivity contribution in [3.8, 4) is 0 Å². The first-order valence-electron chi connectivity index (χ1n) is 9.77. The first kappa shape index (κ1) is 25.5. The van der Waals surface area contributed by atoms with Crippen molar-refractivity contribution in [2.24, 2.45) is 0 Å². The van der Waals surface area contributed by atoms with E-state index >= 15 is 0 Å². The van der Waals surface area contributed by atoms with Gasteiger partial charge >= 0.3 is 12.4 Å². The minimum atomic E-state index is -4.88. The molecule has 0 atom stereocenters. The molecule has 0 saturated heterocycles. The lowest BCUT2D eigenvalue weighted by Gasteiger charge is -2.14. The zero-order valence-electron chi connectivity index (χ0n) is 17.5. The lowest BCUT2D eigenvalue weighted by atomic mass is 10.1. The Bertz CT molecular complexity index is 1600. The Morgan fingerprint density at radius 1 is 0.917 bits per heavy atom. The third-order valence-corrected chi connectivity index (χ3v) is 6.94. The lowest BCUT2D eigenvalue weighted by molar-refractivity contribution is -0.138. The van der Waals surface area contributed by atoms with Gasteiger partial charge in [-0.2, -0.15) is 43.9 Å². The maximum absolute atomic E-state index is 13.4. The van der Waals surface area contributed by atoms with Gasteiger partial charge in [0.25, 0.3) is 15.9 Å². The smallest absolute Gasteiger partial charge is 0.322 e. The van der Waals surface area contributed by atoms with Crippen LogP contribution in [0.3, 0.4) is 0 Å². The van der Waals surface area contributed by atoms with E-state index in [0.717, 1.165) is 36.5 Å². The number of anilines is 1. The van der Waals surface area contributed by atoms with E-state index < -0.39 is 54.9 Å². The molecule has 0 unspecified atom stereocenters. The van der Waals surface area contributed by atoms with Crippen molar-refractivity contribution in [1.29, 1.82) is 0 Å². The number of alkyl halides is 6. The molecule has 6 nitrogen and oxygen atoms in total. The van der Waals surface area contributed by atoms with E-state index in [4.69, 9.17) is 11.6 Å². The zero-order valence-corrected chi connectivity index (χ0v) is 19.1. The second kappa shape index (κ2) is 8.82. The molecular formula is C22H12ClF6N3O3S. The lowest BCUT2D eigenvalue weighted by Crippen LogP contribution is -2.19. The minimum Gasteiger partial charge on any atom is -0.322 e. The van der Waals surface area contributed by atoms with Gasteiger partial charge in [-0.3, -0.25) is 4.79 Å². The third-order valence-electron chi connectivity index (χ3n) is 5.03. The predicted octanol–water partition coefficient (Wildman–Crippen LogP) is 6.22. The molecule has 0 saturated carbocycles. The van der Waals surface area contributed by atoms with E-state index in [1.165, 1.54) is 12.1 Å². The molecule has 1 amide bonds. The van der Waals surface area contributed by atoms with Gasteiger partial charge in [0, 0.05) is 11.1 Å². The van der Waals surface area contributed by atoms with Crippen LogP contribution in [0.5, 0.6) is 0 Å². The van der Waals surface area contributed by atoms with Crippen LogP contribution in [-0.4, -0.2) is 23.5 Å².